The average Bonchev–Trinajstić information content (AvgIpc) is 2.12. The van der Waals surface area contributed by atoms with Crippen LogP contribution in [0, 0.1) is 11.8 Å². The number of aliphatic hydroxyl groups is 1. The summed E-state index contributed by atoms with van der Waals surface area (Å²) in [4.78, 5) is 0. The SMILES string of the molecule is CC(C)C(C)CNS(=O)(=O)C(C)CO. The van der Waals surface area contributed by atoms with Crippen molar-refractivity contribution in [1.29, 1.82) is 0 Å². The molecule has 0 fully saturated rings. The lowest BCUT2D eigenvalue weighted by Crippen LogP contribution is -2.37. The second kappa shape index (κ2) is 5.68. The Labute approximate surface area is 86.8 Å². The van der Waals surface area contributed by atoms with Gasteiger partial charge in [0.25, 0.3) is 0 Å². The minimum Gasteiger partial charge on any atom is -0.395 e. The largest absolute Gasteiger partial charge is 0.395 e. The molecule has 0 aromatic heterocycles. The number of rotatable bonds is 6. The Bertz CT molecular complexity index is 249. The summed E-state index contributed by atoms with van der Waals surface area (Å²) in [5.74, 6) is 0.748. The van der Waals surface area contributed by atoms with E-state index in [1.165, 1.54) is 6.92 Å². The van der Waals surface area contributed by atoms with Crippen LogP contribution in [0.4, 0.5) is 0 Å². The van der Waals surface area contributed by atoms with Crippen LogP contribution < -0.4 is 4.72 Å². The Hall–Kier alpha value is -0.130. The predicted octanol–water partition coefficient (Wildman–Crippen LogP) is 0.579. The van der Waals surface area contributed by atoms with Crippen molar-refractivity contribution in [2.75, 3.05) is 13.2 Å². The molecule has 0 saturated carbocycles. The zero-order valence-corrected chi connectivity index (χ0v) is 10.1. The van der Waals surface area contributed by atoms with Crippen LogP contribution in [-0.4, -0.2) is 31.9 Å². The van der Waals surface area contributed by atoms with Crippen LogP contribution in [0.2, 0.25) is 0 Å². The van der Waals surface area contributed by atoms with E-state index in [-0.39, 0.29) is 6.61 Å². The zero-order chi connectivity index (χ0) is 11.4. The highest BCUT2D eigenvalue weighted by atomic mass is 32.2. The molecule has 0 aromatic rings. The van der Waals surface area contributed by atoms with Crippen molar-refractivity contribution in [1.82, 2.24) is 4.72 Å². The summed E-state index contributed by atoms with van der Waals surface area (Å²) in [6, 6.07) is 0. The summed E-state index contributed by atoms with van der Waals surface area (Å²) in [5, 5.41) is 7.99. The highest BCUT2D eigenvalue weighted by molar-refractivity contribution is 7.90. The van der Waals surface area contributed by atoms with Crippen molar-refractivity contribution in [2.24, 2.45) is 11.8 Å². The Morgan fingerprint density at radius 2 is 1.71 bits per heavy atom. The fourth-order valence-electron chi connectivity index (χ4n) is 0.724. The van der Waals surface area contributed by atoms with Crippen LogP contribution >= 0.6 is 0 Å². The molecule has 0 aliphatic rings. The number of hydrogen-bond acceptors (Lipinski definition) is 3. The van der Waals surface area contributed by atoms with E-state index in [0.29, 0.717) is 18.4 Å². The fourth-order valence-corrected chi connectivity index (χ4v) is 1.70. The summed E-state index contributed by atoms with van der Waals surface area (Å²) in [7, 11) is -3.34. The lowest BCUT2D eigenvalue weighted by Gasteiger charge is -2.17. The molecular formula is C9H21NO3S. The molecule has 0 aliphatic carbocycles. The molecule has 14 heavy (non-hydrogen) atoms. The van der Waals surface area contributed by atoms with E-state index in [4.69, 9.17) is 5.11 Å². The van der Waals surface area contributed by atoms with Gasteiger partial charge in [-0.3, -0.25) is 0 Å². The topological polar surface area (TPSA) is 66.4 Å². The van der Waals surface area contributed by atoms with Gasteiger partial charge in [0.2, 0.25) is 10.0 Å². The first kappa shape index (κ1) is 13.9. The van der Waals surface area contributed by atoms with Crippen molar-refractivity contribution in [3.63, 3.8) is 0 Å². The van der Waals surface area contributed by atoms with E-state index < -0.39 is 15.3 Å². The molecule has 0 aliphatic heterocycles. The van der Waals surface area contributed by atoms with Gasteiger partial charge in [-0.15, -0.1) is 0 Å². The van der Waals surface area contributed by atoms with E-state index in [2.05, 4.69) is 18.6 Å². The van der Waals surface area contributed by atoms with Crippen molar-refractivity contribution in [2.45, 2.75) is 32.9 Å². The predicted molar refractivity (Wildman–Crippen MR) is 57.5 cm³/mol. The summed E-state index contributed by atoms with van der Waals surface area (Å²) in [5.41, 5.74) is 0. The molecule has 2 atom stereocenters. The fraction of sp³-hybridized carbons (Fsp3) is 1.00. The molecule has 0 heterocycles. The van der Waals surface area contributed by atoms with Gasteiger partial charge in [0, 0.05) is 6.54 Å². The first-order valence-corrected chi connectivity index (χ1v) is 6.45. The summed E-state index contributed by atoms with van der Waals surface area (Å²) >= 11 is 0. The van der Waals surface area contributed by atoms with Gasteiger partial charge in [0.05, 0.1) is 11.9 Å². The maximum absolute atomic E-state index is 11.4. The first-order chi connectivity index (χ1) is 6.31. The van der Waals surface area contributed by atoms with Gasteiger partial charge in [0.1, 0.15) is 0 Å². The Morgan fingerprint density at radius 1 is 1.21 bits per heavy atom. The van der Waals surface area contributed by atoms with Gasteiger partial charge in [-0.05, 0) is 18.8 Å². The number of hydrogen-bond donors (Lipinski definition) is 2. The van der Waals surface area contributed by atoms with E-state index in [1.807, 2.05) is 6.92 Å². The van der Waals surface area contributed by atoms with Crippen molar-refractivity contribution >= 4 is 10.0 Å². The monoisotopic (exact) mass is 223 g/mol. The molecule has 0 rings (SSSR count). The average molecular weight is 223 g/mol. The molecule has 0 bridgehead atoms. The van der Waals surface area contributed by atoms with E-state index in [9.17, 15) is 8.42 Å². The molecule has 0 amide bonds. The molecular weight excluding hydrogens is 202 g/mol. The molecule has 0 radical (unpaired) electrons. The number of sulfonamides is 1. The normalized spacial score (nSPS) is 17.0. The van der Waals surface area contributed by atoms with Crippen LogP contribution in [0.1, 0.15) is 27.7 Å². The third-order valence-electron chi connectivity index (χ3n) is 2.53. The summed E-state index contributed by atoms with van der Waals surface area (Å²) in [6.07, 6.45) is 0. The highest BCUT2D eigenvalue weighted by Crippen LogP contribution is 2.08. The molecule has 2 unspecified atom stereocenters. The number of nitrogens with one attached hydrogen (secondary N) is 1. The van der Waals surface area contributed by atoms with Crippen LogP contribution in [0.5, 0.6) is 0 Å². The van der Waals surface area contributed by atoms with Gasteiger partial charge in [0.15, 0.2) is 0 Å². The van der Waals surface area contributed by atoms with Gasteiger partial charge >= 0.3 is 0 Å². The number of aliphatic hydroxyl groups excluding tert-OH is 1. The summed E-state index contributed by atoms with van der Waals surface area (Å²) in [6.45, 7) is 7.68. The third-order valence-corrected chi connectivity index (χ3v) is 4.31. The van der Waals surface area contributed by atoms with Crippen LogP contribution in [-0.2, 0) is 10.0 Å². The molecule has 0 aromatic carbocycles. The van der Waals surface area contributed by atoms with Gasteiger partial charge < -0.3 is 5.11 Å². The first-order valence-electron chi connectivity index (χ1n) is 4.90. The molecule has 2 N–H and O–H groups in total. The van der Waals surface area contributed by atoms with E-state index >= 15 is 0 Å². The quantitative estimate of drug-likeness (QED) is 0.692. The molecule has 5 heteroatoms. The van der Waals surface area contributed by atoms with Gasteiger partial charge in [-0.2, -0.15) is 0 Å². The van der Waals surface area contributed by atoms with E-state index in [0.717, 1.165) is 0 Å². The second-order valence-electron chi connectivity index (χ2n) is 4.11. The Balaban J connectivity index is 4.13. The lowest BCUT2D eigenvalue weighted by molar-refractivity contribution is 0.294. The lowest BCUT2D eigenvalue weighted by atomic mass is 9.99. The Kier molecular flexibility index (Phi) is 5.63. The highest BCUT2D eigenvalue weighted by Gasteiger charge is 2.20. The maximum atomic E-state index is 11.4. The van der Waals surface area contributed by atoms with Crippen LogP contribution in [0.25, 0.3) is 0 Å². The standard InChI is InChI=1S/C9H21NO3S/c1-7(2)8(3)5-10-14(12,13)9(4)6-11/h7-11H,5-6H2,1-4H3. The molecule has 86 valence electrons. The van der Waals surface area contributed by atoms with Crippen molar-refractivity contribution in [3.05, 3.63) is 0 Å². The summed E-state index contributed by atoms with van der Waals surface area (Å²) < 4.78 is 25.3. The third kappa shape index (κ3) is 4.39. The smallest absolute Gasteiger partial charge is 0.216 e. The van der Waals surface area contributed by atoms with Crippen LogP contribution in [0.15, 0.2) is 0 Å². The molecule has 0 spiro atoms. The Morgan fingerprint density at radius 3 is 2.07 bits per heavy atom. The second-order valence-corrected chi connectivity index (χ2v) is 6.29. The minimum atomic E-state index is -3.34. The van der Waals surface area contributed by atoms with Crippen molar-refractivity contribution in [3.8, 4) is 0 Å². The van der Waals surface area contributed by atoms with Crippen LogP contribution in [0.3, 0.4) is 0 Å². The van der Waals surface area contributed by atoms with E-state index in [1.54, 1.807) is 0 Å². The zero-order valence-electron chi connectivity index (χ0n) is 9.32. The molecule has 4 nitrogen and oxygen atoms in total. The van der Waals surface area contributed by atoms with Crippen molar-refractivity contribution < 1.29 is 13.5 Å². The minimum absolute atomic E-state index is 0.302. The maximum Gasteiger partial charge on any atom is 0.216 e. The van der Waals surface area contributed by atoms with Gasteiger partial charge in [-0.25, -0.2) is 13.1 Å². The van der Waals surface area contributed by atoms with Gasteiger partial charge in [-0.1, -0.05) is 20.8 Å². The molecule has 0 saturated heterocycles.